The number of Topliss-reactive ketones (excluding diaryl/α,β-unsaturated/α-hetero) is 1. The Kier molecular flexibility index (Phi) is 5.71. The molecule has 0 radical (unpaired) electrons. The fourth-order valence-corrected chi connectivity index (χ4v) is 3.00. The maximum absolute atomic E-state index is 13.2. The van der Waals surface area contributed by atoms with Crippen molar-refractivity contribution < 1.29 is 22.4 Å². The van der Waals surface area contributed by atoms with Gasteiger partial charge in [0, 0.05) is 43.5 Å². The predicted octanol–water partition coefficient (Wildman–Crippen LogP) is 3.41. The van der Waals surface area contributed by atoms with E-state index in [9.17, 15) is 22.4 Å². The molecular formula is C17H15ClF4N4O. The van der Waals surface area contributed by atoms with Crippen LogP contribution < -0.4 is 5.32 Å². The molecule has 3 heterocycles. The summed E-state index contributed by atoms with van der Waals surface area (Å²) in [5, 5.41) is 3.17. The Bertz CT molecular complexity index is 829. The highest BCUT2D eigenvalue weighted by molar-refractivity contribution is 6.31. The zero-order chi connectivity index (χ0) is 19.6. The van der Waals surface area contributed by atoms with E-state index in [1.165, 1.54) is 6.20 Å². The molecule has 1 fully saturated rings. The lowest BCUT2D eigenvalue weighted by atomic mass is 10.0. The van der Waals surface area contributed by atoms with Gasteiger partial charge in [-0.15, -0.1) is 0 Å². The quantitative estimate of drug-likeness (QED) is 0.776. The van der Waals surface area contributed by atoms with Gasteiger partial charge in [-0.25, -0.2) is 14.4 Å². The maximum Gasteiger partial charge on any atom is 0.451 e. The molecule has 144 valence electrons. The van der Waals surface area contributed by atoms with Crippen LogP contribution in [0.2, 0.25) is 5.02 Å². The number of aryl methyl sites for hydroxylation is 1. The molecule has 2 atom stereocenters. The van der Waals surface area contributed by atoms with Gasteiger partial charge in [0.2, 0.25) is 5.82 Å². The van der Waals surface area contributed by atoms with E-state index in [4.69, 9.17) is 11.6 Å². The summed E-state index contributed by atoms with van der Waals surface area (Å²) < 4.78 is 50.8. The minimum Gasteiger partial charge on any atom is -0.304 e. The first-order valence-corrected chi connectivity index (χ1v) is 8.56. The van der Waals surface area contributed by atoms with Crippen molar-refractivity contribution >= 4 is 17.4 Å². The zero-order valence-corrected chi connectivity index (χ0v) is 14.7. The Morgan fingerprint density at radius 1 is 1.22 bits per heavy atom. The number of halogens is 5. The van der Waals surface area contributed by atoms with Gasteiger partial charge in [-0.1, -0.05) is 11.6 Å². The third-order valence-electron chi connectivity index (χ3n) is 4.24. The molecule has 2 aromatic rings. The van der Waals surface area contributed by atoms with E-state index < -0.39 is 24.2 Å². The summed E-state index contributed by atoms with van der Waals surface area (Å²) in [6.45, 7) is 0.171. The molecule has 1 aliphatic heterocycles. The van der Waals surface area contributed by atoms with Crippen molar-refractivity contribution in [1.29, 1.82) is 0 Å². The number of ketones is 1. The molecule has 0 spiro atoms. The number of carbonyl (C=O) groups is 1. The summed E-state index contributed by atoms with van der Waals surface area (Å²) in [6, 6.07) is 1.09. The third-order valence-corrected chi connectivity index (χ3v) is 4.58. The van der Waals surface area contributed by atoms with Gasteiger partial charge in [0.15, 0.2) is 0 Å². The number of carbonyl (C=O) groups excluding carboxylic acids is 1. The smallest absolute Gasteiger partial charge is 0.304 e. The lowest BCUT2D eigenvalue weighted by Gasteiger charge is -2.10. The molecule has 2 aromatic heterocycles. The second-order valence-electron chi connectivity index (χ2n) is 6.21. The fourth-order valence-electron chi connectivity index (χ4n) is 2.81. The van der Waals surface area contributed by atoms with Crippen LogP contribution in [0.15, 0.2) is 24.7 Å². The van der Waals surface area contributed by atoms with Gasteiger partial charge < -0.3 is 5.32 Å². The summed E-state index contributed by atoms with van der Waals surface area (Å²) in [7, 11) is 0. The average Bonchev–Trinajstić information content (AvgIpc) is 3.07. The van der Waals surface area contributed by atoms with Crippen LogP contribution in [0.25, 0.3) is 11.3 Å². The van der Waals surface area contributed by atoms with Crippen LogP contribution in [0.3, 0.4) is 0 Å². The van der Waals surface area contributed by atoms with Crippen molar-refractivity contribution in [2.45, 2.75) is 37.7 Å². The molecule has 0 aromatic carbocycles. The number of rotatable bonds is 5. The van der Waals surface area contributed by atoms with Crippen LogP contribution >= 0.6 is 11.6 Å². The van der Waals surface area contributed by atoms with Gasteiger partial charge in [0.1, 0.15) is 12.0 Å². The molecular weight excluding hydrogens is 388 g/mol. The highest BCUT2D eigenvalue weighted by Gasteiger charge is 2.34. The van der Waals surface area contributed by atoms with Crippen molar-refractivity contribution in [2.75, 3.05) is 6.54 Å². The monoisotopic (exact) mass is 402 g/mol. The topological polar surface area (TPSA) is 67.8 Å². The minimum absolute atomic E-state index is 0.109. The van der Waals surface area contributed by atoms with Crippen molar-refractivity contribution in [3.8, 4) is 11.3 Å². The first-order valence-electron chi connectivity index (χ1n) is 8.18. The third kappa shape index (κ3) is 4.78. The highest BCUT2D eigenvalue weighted by Crippen LogP contribution is 2.28. The Hall–Kier alpha value is -2.13. The second kappa shape index (κ2) is 7.85. The number of pyridine rings is 1. The SMILES string of the molecule is O=C(CCc1cc(-c2cnc(C(F)(F)F)nc2)ncc1Cl)[C@@H]1C[C@@H](F)CN1. The summed E-state index contributed by atoms with van der Waals surface area (Å²) >= 11 is 6.11. The molecule has 0 amide bonds. The molecule has 1 saturated heterocycles. The summed E-state index contributed by atoms with van der Waals surface area (Å²) in [6.07, 6.45) is -1.58. The largest absolute Gasteiger partial charge is 0.451 e. The summed E-state index contributed by atoms with van der Waals surface area (Å²) in [4.78, 5) is 22.8. The van der Waals surface area contributed by atoms with E-state index >= 15 is 0 Å². The molecule has 3 rings (SSSR count). The van der Waals surface area contributed by atoms with Crippen molar-refractivity contribution in [2.24, 2.45) is 0 Å². The molecule has 1 aliphatic rings. The number of nitrogens with zero attached hydrogens (tertiary/aromatic N) is 3. The zero-order valence-electron chi connectivity index (χ0n) is 13.9. The van der Waals surface area contributed by atoms with E-state index in [2.05, 4.69) is 20.3 Å². The molecule has 0 bridgehead atoms. The molecule has 1 N–H and O–H groups in total. The first kappa shape index (κ1) is 19.6. The molecule has 5 nitrogen and oxygen atoms in total. The Labute approximate surface area is 157 Å². The first-order chi connectivity index (χ1) is 12.7. The van der Waals surface area contributed by atoms with Crippen molar-refractivity contribution in [3.63, 3.8) is 0 Å². The standard InChI is InChI=1S/C17H15ClF4N4O/c18-12-8-24-13(10-5-25-16(26-6-10)17(20,21)22)3-9(12)1-2-15(27)14-4-11(19)7-23-14/h3,5-6,8,11,14,23H,1-2,4,7H2/t11-,14+/m1/s1. The second-order valence-corrected chi connectivity index (χ2v) is 6.62. The molecule has 0 unspecified atom stereocenters. The van der Waals surface area contributed by atoms with Crippen LogP contribution in [0.1, 0.15) is 24.2 Å². The van der Waals surface area contributed by atoms with Crippen LogP contribution in [0.4, 0.5) is 17.6 Å². The van der Waals surface area contributed by atoms with E-state index in [1.54, 1.807) is 6.07 Å². The van der Waals surface area contributed by atoms with Gasteiger partial charge in [-0.2, -0.15) is 13.2 Å². The van der Waals surface area contributed by atoms with Crippen molar-refractivity contribution in [3.05, 3.63) is 41.1 Å². The lowest BCUT2D eigenvalue weighted by molar-refractivity contribution is -0.145. The minimum atomic E-state index is -4.62. The number of nitrogens with one attached hydrogen (secondary N) is 1. The van der Waals surface area contributed by atoms with Gasteiger partial charge in [-0.05, 0) is 18.1 Å². The average molecular weight is 403 g/mol. The number of alkyl halides is 4. The van der Waals surface area contributed by atoms with Crippen molar-refractivity contribution in [1.82, 2.24) is 20.3 Å². The Morgan fingerprint density at radius 3 is 2.52 bits per heavy atom. The van der Waals surface area contributed by atoms with E-state index in [0.717, 1.165) is 12.4 Å². The molecule has 27 heavy (non-hydrogen) atoms. The lowest BCUT2D eigenvalue weighted by Crippen LogP contribution is -2.30. The van der Waals surface area contributed by atoms with E-state index in [-0.39, 0.29) is 25.2 Å². The van der Waals surface area contributed by atoms with Crippen LogP contribution in [-0.2, 0) is 17.4 Å². The predicted molar refractivity (Wildman–Crippen MR) is 89.9 cm³/mol. The van der Waals surface area contributed by atoms with Gasteiger partial charge in [-0.3, -0.25) is 9.78 Å². The van der Waals surface area contributed by atoms with Gasteiger partial charge in [0.25, 0.3) is 0 Å². The molecule has 10 heteroatoms. The fraction of sp³-hybridized carbons (Fsp3) is 0.412. The van der Waals surface area contributed by atoms with Crippen LogP contribution in [0, 0.1) is 0 Å². The van der Waals surface area contributed by atoms with Crippen LogP contribution in [0.5, 0.6) is 0 Å². The summed E-state index contributed by atoms with van der Waals surface area (Å²) in [5.41, 5.74) is 1.26. The molecule has 0 aliphatic carbocycles. The van der Waals surface area contributed by atoms with Gasteiger partial charge in [0.05, 0.1) is 16.8 Å². The van der Waals surface area contributed by atoms with Crippen LogP contribution in [-0.4, -0.2) is 39.5 Å². The molecule has 0 saturated carbocycles. The normalized spacial score (nSPS) is 20.0. The number of aromatic nitrogens is 3. The number of hydrogen-bond donors (Lipinski definition) is 1. The maximum atomic E-state index is 13.2. The van der Waals surface area contributed by atoms with E-state index in [1.807, 2.05) is 0 Å². The Balaban J connectivity index is 1.71. The summed E-state index contributed by atoms with van der Waals surface area (Å²) in [5.74, 6) is -1.34. The highest BCUT2D eigenvalue weighted by atomic mass is 35.5. The van der Waals surface area contributed by atoms with E-state index in [0.29, 0.717) is 28.3 Å². The Morgan fingerprint density at radius 2 is 1.93 bits per heavy atom. The van der Waals surface area contributed by atoms with Gasteiger partial charge >= 0.3 is 6.18 Å². The number of hydrogen-bond acceptors (Lipinski definition) is 5.